The second-order valence-corrected chi connectivity index (χ2v) is 4.83. The summed E-state index contributed by atoms with van der Waals surface area (Å²) in [5.41, 5.74) is 1.19. The van der Waals surface area contributed by atoms with Gasteiger partial charge in [0.25, 0.3) is 0 Å². The lowest BCUT2D eigenvalue weighted by Gasteiger charge is -2.23. The molecule has 0 amide bonds. The first-order valence-corrected chi connectivity index (χ1v) is 6.99. The SMILES string of the molecule is CNC(Cc1ccc(OC)c(OC)c1)C1=CCCCO1. The van der Waals surface area contributed by atoms with Crippen LogP contribution in [-0.4, -0.2) is 33.9 Å². The van der Waals surface area contributed by atoms with E-state index < -0.39 is 0 Å². The third kappa shape index (κ3) is 3.45. The Hall–Kier alpha value is -1.68. The van der Waals surface area contributed by atoms with Gasteiger partial charge < -0.3 is 19.5 Å². The molecule has 0 radical (unpaired) electrons. The van der Waals surface area contributed by atoms with Crippen molar-refractivity contribution in [1.82, 2.24) is 5.32 Å². The number of allylic oxidation sites excluding steroid dienone is 1. The van der Waals surface area contributed by atoms with E-state index in [2.05, 4.69) is 17.5 Å². The van der Waals surface area contributed by atoms with Gasteiger partial charge in [-0.25, -0.2) is 0 Å². The second kappa shape index (κ2) is 7.20. The van der Waals surface area contributed by atoms with Gasteiger partial charge in [-0.3, -0.25) is 0 Å². The first-order valence-electron chi connectivity index (χ1n) is 6.99. The molecule has 1 aromatic rings. The fourth-order valence-electron chi connectivity index (χ4n) is 2.41. The minimum atomic E-state index is 0.202. The van der Waals surface area contributed by atoms with Crippen LogP contribution in [-0.2, 0) is 11.2 Å². The van der Waals surface area contributed by atoms with E-state index in [-0.39, 0.29) is 6.04 Å². The number of ether oxygens (including phenoxy) is 3. The van der Waals surface area contributed by atoms with E-state index in [1.54, 1.807) is 14.2 Å². The van der Waals surface area contributed by atoms with Crippen LogP contribution < -0.4 is 14.8 Å². The predicted molar refractivity (Wildman–Crippen MR) is 79.4 cm³/mol. The summed E-state index contributed by atoms with van der Waals surface area (Å²) in [6, 6.07) is 6.23. The Labute approximate surface area is 120 Å². The van der Waals surface area contributed by atoms with E-state index in [0.29, 0.717) is 0 Å². The number of rotatable bonds is 6. The van der Waals surface area contributed by atoms with Gasteiger partial charge in [0.05, 0.1) is 26.9 Å². The lowest BCUT2D eigenvalue weighted by molar-refractivity contribution is 0.169. The van der Waals surface area contributed by atoms with Crippen molar-refractivity contribution in [3.63, 3.8) is 0 Å². The van der Waals surface area contributed by atoms with Gasteiger partial charge in [0.1, 0.15) is 5.76 Å². The number of nitrogens with one attached hydrogen (secondary N) is 1. The van der Waals surface area contributed by atoms with E-state index in [1.165, 1.54) is 5.56 Å². The van der Waals surface area contributed by atoms with Crippen LogP contribution in [0.15, 0.2) is 30.0 Å². The summed E-state index contributed by atoms with van der Waals surface area (Å²) in [5.74, 6) is 2.57. The smallest absolute Gasteiger partial charge is 0.160 e. The van der Waals surface area contributed by atoms with Crippen molar-refractivity contribution < 1.29 is 14.2 Å². The van der Waals surface area contributed by atoms with Gasteiger partial charge in [0, 0.05) is 0 Å². The molecule has 1 heterocycles. The minimum absolute atomic E-state index is 0.202. The number of methoxy groups -OCH3 is 2. The maximum atomic E-state index is 5.75. The van der Waals surface area contributed by atoms with Crippen molar-refractivity contribution in [2.75, 3.05) is 27.9 Å². The molecule has 1 N–H and O–H groups in total. The molecule has 1 unspecified atom stereocenters. The third-order valence-electron chi connectivity index (χ3n) is 3.54. The summed E-state index contributed by atoms with van der Waals surface area (Å²) in [6.07, 6.45) is 5.25. The van der Waals surface area contributed by atoms with E-state index in [9.17, 15) is 0 Å². The molecule has 1 aromatic carbocycles. The molecule has 4 nitrogen and oxygen atoms in total. The van der Waals surface area contributed by atoms with Crippen LogP contribution in [0.4, 0.5) is 0 Å². The van der Waals surface area contributed by atoms with Crippen molar-refractivity contribution in [2.45, 2.75) is 25.3 Å². The third-order valence-corrected chi connectivity index (χ3v) is 3.54. The van der Waals surface area contributed by atoms with Crippen molar-refractivity contribution in [2.24, 2.45) is 0 Å². The van der Waals surface area contributed by atoms with Crippen molar-refractivity contribution in [3.05, 3.63) is 35.6 Å². The highest BCUT2D eigenvalue weighted by Crippen LogP contribution is 2.28. The molecule has 0 saturated heterocycles. The average molecular weight is 277 g/mol. The van der Waals surface area contributed by atoms with Crippen molar-refractivity contribution in [1.29, 1.82) is 0 Å². The van der Waals surface area contributed by atoms with Crippen molar-refractivity contribution >= 4 is 0 Å². The molecule has 1 aliphatic rings. The van der Waals surface area contributed by atoms with Gasteiger partial charge in [-0.05, 0) is 50.1 Å². The lowest BCUT2D eigenvalue weighted by atomic mass is 10.0. The normalized spacial score (nSPS) is 16.1. The Morgan fingerprint density at radius 1 is 1.25 bits per heavy atom. The Morgan fingerprint density at radius 2 is 2.05 bits per heavy atom. The van der Waals surface area contributed by atoms with Crippen LogP contribution in [0.2, 0.25) is 0 Å². The average Bonchev–Trinajstić information content (AvgIpc) is 2.53. The predicted octanol–water partition coefficient (Wildman–Crippen LogP) is 2.53. The van der Waals surface area contributed by atoms with Gasteiger partial charge in [-0.2, -0.15) is 0 Å². The monoisotopic (exact) mass is 277 g/mol. The Kier molecular flexibility index (Phi) is 5.30. The highest BCUT2D eigenvalue weighted by molar-refractivity contribution is 5.43. The van der Waals surface area contributed by atoms with Gasteiger partial charge in [-0.15, -0.1) is 0 Å². The first kappa shape index (κ1) is 14.7. The van der Waals surface area contributed by atoms with E-state index in [0.717, 1.165) is 43.1 Å². The fraction of sp³-hybridized carbons (Fsp3) is 0.500. The van der Waals surface area contributed by atoms with Gasteiger partial charge in [0.2, 0.25) is 0 Å². The van der Waals surface area contributed by atoms with Gasteiger partial charge in [-0.1, -0.05) is 6.07 Å². The summed E-state index contributed by atoms with van der Waals surface area (Å²) in [7, 11) is 5.27. The maximum Gasteiger partial charge on any atom is 0.160 e. The number of benzene rings is 1. The summed E-state index contributed by atoms with van der Waals surface area (Å²) >= 11 is 0. The Morgan fingerprint density at radius 3 is 2.65 bits per heavy atom. The molecular formula is C16H23NO3. The molecule has 0 bridgehead atoms. The topological polar surface area (TPSA) is 39.7 Å². The van der Waals surface area contributed by atoms with E-state index in [1.807, 2.05) is 19.2 Å². The second-order valence-electron chi connectivity index (χ2n) is 4.83. The van der Waals surface area contributed by atoms with Gasteiger partial charge >= 0.3 is 0 Å². The molecule has 0 aromatic heterocycles. The summed E-state index contributed by atoms with van der Waals surface area (Å²) in [4.78, 5) is 0. The molecule has 2 rings (SSSR count). The highest BCUT2D eigenvalue weighted by Gasteiger charge is 2.17. The van der Waals surface area contributed by atoms with E-state index >= 15 is 0 Å². The molecule has 0 spiro atoms. The minimum Gasteiger partial charge on any atom is -0.497 e. The molecular weight excluding hydrogens is 254 g/mol. The number of hydrogen-bond acceptors (Lipinski definition) is 4. The summed E-state index contributed by atoms with van der Waals surface area (Å²) in [6.45, 7) is 0.815. The van der Waals surface area contributed by atoms with Crippen LogP contribution in [0, 0.1) is 0 Å². The zero-order valence-corrected chi connectivity index (χ0v) is 12.4. The molecule has 20 heavy (non-hydrogen) atoms. The Bertz CT molecular complexity index is 471. The summed E-state index contributed by atoms with van der Waals surface area (Å²) in [5, 5.41) is 3.32. The van der Waals surface area contributed by atoms with E-state index in [4.69, 9.17) is 14.2 Å². The molecule has 0 fully saturated rings. The number of hydrogen-bond donors (Lipinski definition) is 1. The van der Waals surface area contributed by atoms with Crippen LogP contribution in [0.25, 0.3) is 0 Å². The molecule has 1 aliphatic heterocycles. The van der Waals surface area contributed by atoms with Crippen molar-refractivity contribution in [3.8, 4) is 11.5 Å². The maximum absolute atomic E-state index is 5.75. The standard InChI is InChI=1S/C16H23NO3/c1-17-13(14-6-4-5-9-20-14)10-12-7-8-15(18-2)16(11-12)19-3/h6-8,11,13,17H,4-5,9-10H2,1-3H3. The number of likely N-dealkylation sites (N-methyl/N-ethyl adjacent to an activating group) is 1. The van der Waals surface area contributed by atoms with Crippen LogP contribution in [0.5, 0.6) is 11.5 Å². The largest absolute Gasteiger partial charge is 0.497 e. The van der Waals surface area contributed by atoms with Crippen LogP contribution >= 0.6 is 0 Å². The quantitative estimate of drug-likeness (QED) is 0.867. The highest BCUT2D eigenvalue weighted by atomic mass is 16.5. The van der Waals surface area contributed by atoms with Gasteiger partial charge in [0.15, 0.2) is 11.5 Å². The first-order chi connectivity index (χ1) is 9.78. The zero-order chi connectivity index (χ0) is 14.4. The molecule has 0 aliphatic carbocycles. The molecule has 0 saturated carbocycles. The summed E-state index contributed by atoms with van der Waals surface area (Å²) < 4.78 is 16.4. The lowest BCUT2D eigenvalue weighted by Crippen LogP contribution is -2.32. The zero-order valence-electron chi connectivity index (χ0n) is 12.4. The molecule has 4 heteroatoms. The Balaban J connectivity index is 2.13. The molecule has 110 valence electrons. The fourth-order valence-corrected chi connectivity index (χ4v) is 2.41. The van der Waals surface area contributed by atoms with Crippen LogP contribution in [0.3, 0.4) is 0 Å². The van der Waals surface area contributed by atoms with Crippen LogP contribution in [0.1, 0.15) is 18.4 Å². The molecule has 1 atom stereocenters.